The first-order valence-electron chi connectivity index (χ1n) is 9.51. The smallest absolute Gasteiger partial charge is 0.275 e. The second kappa shape index (κ2) is 8.58. The van der Waals surface area contributed by atoms with E-state index in [2.05, 4.69) is 32.8 Å². The fraction of sp³-hybridized carbons (Fsp3) is 0.333. The monoisotopic (exact) mass is 396 g/mol. The predicted octanol–water partition coefficient (Wildman–Crippen LogP) is 3.51. The summed E-state index contributed by atoms with van der Waals surface area (Å²) in [6.07, 6.45) is 4.16. The number of aromatic nitrogens is 2. The normalized spacial score (nSPS) is 15.5. The first-order valence-corrected chi connectivity index (χ1v) is 10.4. The van der Waals surface area contributed by atoms with E-state index in [1.54, 1.807) is 29.3 Å². The number of rotatable bonds is 7. The van der Waals surface area contributed by atoms with Crippen molar-refractivity contribution < 1.29 is 9.53 Å². The van der Waals surface area contributed by atoms with E-state index in [1.165, 1.54) is 17.7 Å². The molecule has 146 valence electrons. The number of para-hydroxylation sites is 1. The number of nitrogens with one attached hydrogen (secondary N) is 1. The van der Waals surface area contributed by atoms with Crippen LogP contribution < -0.4 is 10.1 Å². The van der Waals surface area contributed by atoms with E-state index in [9.17, 15) is 4.79 Å². The van der Waals surface area contributed by atoms with Crippen LogP contribution >= 0.6 is 11.3 Å². The average Bonchev–Trinajstić information content (AvgIpc) is 3.50. The Bertz CT molecular complexity index is 902. The Morgan fingerprint density at radius 2 is 2.00 bits per heavy atom. The Morgan fingerprint density at radius 1 is 1.21 bits per heavy atom. The molecule has 1 N–H and O–H groups in total. The van der Waals surface area contributed by atoms with Crippen LogP contribution in [0.5, 0.6) is 5.75 Å². The number of carbonyl (C=O) groups excluding carboxylic acids is 1. The number of carbonyl (C=O) groups is 1. The van der Waals surface area contributed by atoms with E-state index < -0.39 is 0 Å². The van der Waals surface area contributed by atoms with Gasteiger partial charge in [-0.05, 0) is 49.5 Å². The minimum absolute atomic E-state index is 0.202. The molecular weight excluding hydrogens is 372 g/mol. The quantitative estimate of drug-likeness (QED) is 0.664. The zero-order valence-corrected chi connectivity index (χ0v) is 16.7. The molecule has 0 spiro atoms. The van der Waals surface area contributed by atoms with E-state index >= 15 is 0 Å². The lowest BCUT2D eigenvalue weighted by Crippen LogP contribution is -2.36. The highest BCUT2D eigenvalue weighted by atomic mass is 32.1. The van der Waals surface area contributed by atoms with Gasteiger partial charge in [-0.1, -0.05) is 24.3 Å². The standard InChI is InChI=1S/C21H24N4O2S/c1-27-18-15-25(16-8-3-2-4-9-16)23-20(18)21(26)22-14-17(19-10-7-13-28-19)24-11-5-6-12-24/h2-4,7-10,13,15,17H,5-6,11-12,14H2,1H3,(H,22,26). The molecule has 1 amide bonds. The van der Waals surface area contributed by atoms with Crippen LogP contribution in [0.15, 0.2) is 54.0 Å². The van der Waals surface area contributed by atoms with E-state index in [0.29, 0.717) is 18.0 Å². The Balaban J connectivity index is 1.50. The SMILES string of the molecule is COc1cn(-c2ccccc2)nc1C(=O)NCC(c1cccs1)N1CCCC1. The van der Waals surface area contributed by atoms with Gasteiger partial charge < -0.3 is 10.1 Å². The fourth-order valence-electron chi connectivity index (χ4n) is 3.59. The molecule has 4 rings (SSSR count). The van der Waals surface area contributed by atoms with Crippen molar-refractivity contribution in [1.29, 1.82) is 0 Å². The fourth-order valence-corrected chi connectivity index (χ4v) is 4.46. The van der Waals surface area contributed by atoms with Crippen LogP contribution in [-0.4, -0.2) is 47.3 Å². The summed E-state index contributed by atoms with van der Waals surface area (Å²) >= 11 is 1.74. The number of amides is 1. The number of nitrogens with zero attached hydrogens (tertiary/aromatic N) is 3. The number of thiophene rings is 1. The predicted molar refractivity (Wildman–Crippen MR) is 110 cm³/mol. The highest BCUT2D eigenvalue weighted by Gasteiger charge is 2.26. The minimum Gasteiger partial charge on any atom is -0.493 e. The van der Waals surface area contributed by atoms with Crippen molar-refractivity contribution in [2.75, 3.05) is 26.7 Å². The van der Waals surface area contributed by atoms with Gasteiger partial charge in [0.15, 0.2) is 11.4 Å². The first kappa shape index (κ1) is 18.7. The van der Waals surface area contributed by atoms with E-state index in [-0.39, 0.29) is 11.9 Å². The summed E-state index contributed by atoms with van der Waals surface area (Å²) in [6, 6.07) is 14.1. The number of hydrogen-bond donors (Lipinski definition) is 1. The third-order valence-electron chi connectivity index (χ3n) is 5.05. The first-order chi connectivity index (χ1) is 13.8. The number of ether oxygens (including phenoxy) is 1. The van der Waals surface area contributed by atoms with Crippen LogP contribution in [0.2, 0.25) is 0 Å². The van der Waals surface area contributed by atoms with Crippen molar-refractivity contribution in [3.63, 3.8) is 0 Å². The summed E-state index contributed by atoms with van der Waals surface area (Å²) in [7, 11) is 1.56. The Morgan fingerprint density at radius 3 is 2.68 bits per heavy atom. The van der Waals surface area contributed by atoms with Gasteiger partial charge >= 0.3 is 0 Å². The zero-order chi connectivity index (χ0) is 19.3. The van der Waals surface area contributed by atoms with Crippen molar-refractivity contribution in [3.8, 4) is 11.4 Å². The van der Waals surface area contributed by atoms with Gasteiger partial charge in [-0.3, -0.25) is 9.69 Å². The van der Waals surface area contributed by atoms with Crippen LogP contribution in [0, 0.1) is 0 Å². The Kier molecular flexibility index (Phi) is 5.73. The number of likely N-dealkylation sites (tertiary alicyclic amines) is 1. The average molecular weight is 397 g/mol. The summed E-state index contributed by atoms with van der Waals surface area (Å²) < 4.78 is 7.07. The third-order valence-corrected chi connectivity index (χ3v) is 6.02. The van der Waals surface area contributed by atoms with Gasteiger partial charge in [0, 0.05) is 11.4 Å². The van der Waals surface area contributed by atoms with Gasteiger partial charge in [0.1, 0.15) is 0 Å². The Hall–Kier alpha value is -2.64. The van der Waals surface area contributed by atoms with Gasteiger partial charge in [0.25, 0.3) is 5.91 Å². The minimum atomic E-state index is -0.215. The van der Waals surface area contributed by atoms with Crippen molar-refractivity contribution >= 4 is 17.2 Å². The maximum absolute atomic E-state index is 12.9. The molecule has 0 saturated carbocycles. The molecule has 1 fully saturated rings. The zero-order valence-electron chi connectivity index (χ0n) is 15.9. The van der Waals surface area contributed by atoms with E-state index in [0.717, 1.165) is 18.8 Å². The van der Waals surface area contributed by atoms with E-state index in [4.69, 9.17) is 4.74 Å². The molecule has 1 saturated heterocycles. The lowest BCUT2D eigenvalue weighted by Gasteiger charge is -2.26. The molecule has 1 aliphatic rings. The lowest BCUT2D eigenvalue weighted by molar-refractivity contribution is 0.0930. The van der Waals surface area contributed by atoms with E-state index in [1.807, 2.05) is 30.3 Å². The maximum atomic E-state index is 12.9. The summed E-state index contributed by atoms with van der Waals surface area (Å²) in [4.78, 5) is 16.6. The molecule has 3 aromatic rings. The largest absolute Gasteiger partial charge is 0.493 e. The van der Waals surface area contributed by atoms with Crippen molar-refractivity contribution in [2.24, 2.45) is 0 Å². The van der Waals surface area contributed by atoms with Crippen LogP contribution in [0.1, 0.15) is 34.2 Å². The molecule has 1 aliphatic heterocycles. The van der Waals surface area contributed by atoms with Crippen LogP contribution in [-0.2, 0) is 0 Å². The molecule has 1 aromatic carbocycles. The molecule has 3 heterocycles. The van der Waals surface area contributed by atoms with Crippen LogP contribution in [0.25, 0.3) is 5.69 Å². The summed E-state index contributed by atoms with van der Waals surface area (Å²) in [5.41, 5.74) is 1.19. The topological polar surface area (TPSA) is 59.4 Å². The van der Waals surface area contributed by atoms with Gasteiger partial charge in [0.2, 0.25) is 0 Å². The summed E-state index contributed by atoms with van der Waals surface area (Å²) in [6.45, 7) is 2.70. The second-order valence-corrected chi connectivity index (χ2v) is 7.79. The molecule has 1 unspecified atom stereocenters. The molecule has 7 heteroatoms. The molecule has 1 atom stereocenters. The van der Waals surface area contributed by atoms with Gasteiger partial charge in [-0.15, -0.1) is 11.3 Å². The summed E-state index contributed by atoms with van der Waals surface area (Å²) in [5, 5.41) is 9.62. The van der Waals surface area contributed by atoms with Crippen molar-refractivity contribution in [3.05, 3.63) is 64.6 Å². The van der Waals surface area contributed by atoms with Crippen LogP contribution in [0.4, 0.5) is 0 Å². The third kappa shape index (κ3) is 3.95. The maximum Gasteiger partial charge on any atom is 0.275 e. The summed E-state index contributed by atoms with van der Waals surface area (Å²) in [5.74, 6) is 0.252. The van der Waals surface area contributed by atoms with Crippen molar-refractivity contribution in [2.45, 2.75) is 18.9 Å². The highest BCUT2D eigenvalue weighted by Crippen LogP contribution is 2.28. The highest BCUT2D eigenvalue weighted by molar-refractivity contribution is 7.10. The van der Waals surface area contributed by atoms with Gasteiger partial charge in [-0.2, -0.15) is 5.10 Å². The molecule has 0 bridgehead atoms. The molecule has 2 aromatic heterocycles. The van der Waals surface area contributed by atoms with Gasteiger partial charge in [0.05, 0.1) is 25.0 Å². The molecule has 28 heavy (non-hydrogen) atoms. The van der Waals surface area contributed by atoms with Crippen LogP contribution in [0.3, 0.4) is 0 Å². The Labute approximate surface area is 168 Å². The molecular formula is C21H24N4O2S. The molecule has 6 nitrogen and oxygen atoms in total. The lowest BCUT2D eigenvalue weighted by atomic mass is 10.2. The second-order valence-electron chi connectivity index (χ2n) is 6.81. The number of benzene rings is 1. The molecule has 0 radical (unpaired) electrons. The van der Waals surface area contributed by atoms with Crippen molar-refractivity contribution in [1.82, 2.24) is 20.0 Å². The molecule has 0 aliphatic carbocycles. The number of hydrogen-bond acceptors (Lipinski definition) is 5. The van der Waals surface area contributed by atoms with Gasteiger partial charge in [-0.25, -0.2) is 4.68 Å². The number of methoxy groups -OCH3 is 1.